The molecule has 8 nitrogen and oxygen atoms in total. The number of rotatable bonds is 6. The summed E-state index contributed by atoms with van der Waals surface area (Å²) in [6.07, 6.45) is 3.12. The van der Waals surface area contributed by atoms with Gasteiger partial charge in [-0.2, -0.15) is 0 Å². The van der Waals surface area contributed by atoms with Crippen molar-refractivity contribution in [3.8, 4) is 28.5 Å². The first kappa shape index (κ1) is 21.4. The fourth-order valence-corrected chi connectivity index (χ4v) is 4.06. The third kappa shape index (κ3) is 4.57. The molecule has 3 aromatic rings. The Balaban J connectivity index is 1.48. The van der Waals surface area contributed by atoms with Crippen LogP contribution in [0.25, 0.3) is 17.3 Å². The number of anilines is 2. The number of hydrogen-bond donors (Lipinski definition) is 2. The van der Waals surface area contributed by atoms with Crippen LogP contribution in [0.1, 0.15) is 10.4 Å². The van der Waals surface area contributed by atoms with E-state index in [1.54, 1.807) is 38.5 Å². The monoisotopic (exact) mass is 451 g/mol. The highest BCUT2D eigenvalue weighted by Crippen LogP contribution is 2.36. The number of amides is 2. The van der Waals surface area contributed by atoms with Crippen molar-refractivity contribution in [1.29, 1.82) is 0 Å². The Kier molecular flexibility index (Phi) is 6.09. The summed E-state index contributed by atoms with van der Waals surface area (Å²) < 4.78 is 15.9. The first-order valence-electron chi connectivity index (χ1n) is 9.72. The standard InChI is InChI=1S/C23H21N3O5S/c1-13-22(15-6-8-17-16(11-15)24-21(28)12-31-17)26-23(32-13)25-20(27)9-5-14-4-7-18(29-2)19(10-14)30-3/h4-11H,12H2,1-3H3,(H,24,28)(H,25,26,27)/b9-5+. The molecular formula is C23H21N3O5S. The summed E-state index contributed by atoms with van der Waals surface area (Å²) in [5.41, 5.74) is 2.96. The normalized spacial score (nSPS) is 12.7. The van der Waals surface area contributed by atoms with Crippen LogP contribution in [0.15, 0.2) is 42.5 Å². The molecular weight excluding hydrogens is 430 g/mol. The molecule has 2 aromatic carbocycles. The van der Waals surface area contributed by atoms with E-state index >= 15 is 0 Å². The third-order valence-corrected chi connectivity index (χ3v) is 5.63. The quantitative estimate of drug-likeness (QED) is 0.547. The van der Waals surface area contributed by atoms with E-state index in [2.05, 4.69) is 15.6 Å². The maximum absolute atomic E-state index is 12.4. The molecule has 0 atom stereocenters. The predicted molar refractivity (Wildman–Crippen MR) is 124 cm³/mol. The van der Waals surface area contributed by atoms with Gasteiger partial charge in [0.05, 0.1) is 25.6 Å². The smallest absolute Gasteiger partial charge is 0.262 e. The Morgan fingerprint density at radius 1 is 1.19 bits per heavy atom. The zero-order chi connectivity index (χ0) is 22.7. The average Bonchev–Trinajstić information content (AvgIpc) is 3.16. The Morgan fingerprint density at radius 3 is 2.78 bits per heavy atom. The van der Waals surface area contributed by atoms with Crippen LogP contribution in [0.3, 0.4) is 0 Å². The number of carbonyl (C=O) groups is 2. The van der Waals surface area contributed by atoms with Gasteiger partial charge in [0, 0.05) is 16.5 Å². The summed E-state index contributed by atoms with van der Waals surface area (Å²) in [6.45, 7) is 1.94. The van der Waals surface area contributed by atoms with Crippen molar-refractivity contribution in [3.05, 3.63) is 52.9 Å². The average molecular weight is 452 g/mol. The van der Waals surface area contributed by atoms with Gasteiger partial charge >= 0.3 is 0 Å². The van der Waals surface area contributed by atoms with Gasteiger partial charge in [0.15, 0.2) is 23.2 Å². The molecule has 1 aromatic heterocycles. The number of aromatic nitrogens is 1. The summed E-state index contributed by atoms with van der Waals surface area (Å²) in [4.78, 5) is 29.5. The molecule has 2 amide bonds. The molecule has 2 N–H and O–H groups in total. The first-order chi connectivity index (χ1) is 15.5. The zero-order valence-electron chi connectivity index (χ0n) is 17.7. The maximum Gasteiger partial charge on any atom is 0.262 e. The summed E-state index contributed by atoms with van der Waals surface area (Å²) in [7, 11) is 3.13. The molecule has 4 rings (SSSR count). The van der Waals surface area contributed by atoms with Gasteiger partial charge in [0.1, 0.15) is 5.75 Å². The molecule has 164 valence electrons. The van der Waals surface area contributed by atoms with Crippen LogP contribution in [0.2, 0.25) is 0 Å². The Bertz CT molecular complexity index is 1220. The van der Waals surface area contributed by atoms with Gasteiger partial charge in [-0.15, -0.1) is 11.3 Å². The van der Waals surface area contributed by atoms with Crippen molar-refractivity contribution in [2.24, 2.45) is 0 Å². The van der Waals surface area contributed by atoms with Crippen LogP contribution in [0.4, 0.5) is 10.8 Å². The van der Waals surface area contributed by atoms with Gasteiger partial charge in [-0.1, -0.05) is 6.07 Å². The topological polar surface area (TPSA) is 98.8 Å². The molecule has 0 bridgehead atoms. The summed E-state index contributed by atoms with van der Waals surface area (Å²) in [5.74, 6) is 1.33. The number of methoxy groups -OCH3 is 2. The van der Waals surface area contributed by atoms with E-state index in [-0.39, 0.29) is 18.4 Å². The van der Waals surface area contributed by atoms with Crippen LogP contribution in [-0.4, -0.2) is 37.6 Å². The van der Waals surface area contributed by atoms with Crippen LogP contribution in [0, 0.1) is 6.92 Å². The molecule has 0 spiro atoms. The number of ether oxygens (including phenoxy) is 3. The highest BCUT2D eigenvalue weighted by molar-refractivity contribution is 7.16. The number of nitrogens with one attached hydrogen (secondary N) is 2. The van der Waals surface area contributed by atoms with Crippen LogP contribution < -0.4 is 24.8 Å². The second-order valence-electron chi connectivity index (χ2n) is 6.91. The maximum atomic E-state index is 12.4. The molecule has 32 heavy (non-hydrogen) atoms. The molecule has 0 fully saturated rings. The minimum atomic E-state index is -0.300. The number of aryl methyl sites for hydroxylation is 1. The van der Waals surface area contributed by atoms with Gasteiger partial charge < -0.3 is 19.5 Å². The van der Waals surface area contributed by atoms with Crippen molar-refractivity contribution in [2.45, 2.75) is 6.92 Å². The number of hydrogen-bond acceptors (Lipinski definition) is 7. The van der Waals surface area contributed by atoms with Crippen molar-refractivity contribution in [3.63, 3.8) is 0 Å². The zero-order valence-corrected chi connectivity index (χ0v) is 18.5. The minimum Gasteiger partial charge on any atom is -0.493 e. The Morgan fingerprint density at radius 2 is 2.00 bits per heavy atom. The van der Waals surface area contributed by atoms with Gasteiger partial charge in [-0.05, 0) is 48.9 Å². The number of thiazole rings is 1. The lowest BCUT2D eigenvalue weighted by atomic mass is 10.1. The van der Waals surface area contributed by atoms with Gasteiger partial charge in [0.25, 0.3) is 5.91 Å². The first-order valence-corrected chi connectivity index (χ1v) is 10.5. The molecule has 1 aliphatic rings. The Hall–Kier alpha value is -3.85. The van der Waals surface area contributed by atoms with Crippen LogP contribution in [0.5, 0.6) is 17.2 Å². The van der Waals surface area contributed by atoms with E-state index in [0.29, 0.717) is 28.1 Å². The number of benzene rings is 2. The van der Waals surface area contributed by atoms with Crippen molar-refractivity contribution >= 4 is 40.0 Å². The fraction of sp³-hybridized carbons (Fsp3) is 0.174. The van der Waals surface area contributed by atoms with Gasteiger partial charge in [0.2, 0.25) is 5.91 Å². The minimum absolute atomic E-state index is 0.00901. The van der Waals surface area contributed by atoms with Crippen molar-refractivity contribution < 1.29 is 23.8 Å². The molecule has 0 saturated carbocycles. The molecule has 0 radical (unpaired) electrons. The number of nitrogens with zero attached hydrogens (tertiary/aromatic N) is 1. The number of fused-ring (bicyclic) bond motifs is 1. The van der Waals surface area contributed by atoms with Crippen LogP contribution >= 0.6 is 11.3 Å². The summed E-state index contributed by atoms with van der Waals surface area (Å²) in [5, 5.41) is 6.07. The molecule has 0 unspecified atom stereocenters. The molecule has 1 aliphatic heterocycles. The molecule has 2 heterocycles. The predicted octanol–water partition coefficient (Wildman–Crippen LogP) is 4.12. The highest BCUT2D eigenvalue weighted by Gasteiger charge is 2.18. The summed E-state index contributed by atoms with van der Waals surface area (Å²) in [6, 6.07) is 10.9. The van der Waals surface area contributed by atoms with Crippen LogP contribution in [-0.2, 0) is 9.59 Å². The van der Waals surface area contributed by atoms with E-state index < -0.39 is 0 Å². The molecule has 0 aliphatic carbocycles. The lowest BCUT2D eigenvalue weighted by Gasteiger charge is -2.18. The van der Waals surface area contributed by atoms with E-state index in [9.17, 15) is 9.59 Å². The lowest BCUT2D eigenvalue weighted by Crippen LogP contribution is -2.25. The van der Waals surface area contributed by atoms with Gasteiger partial charge in [-0.3, -0.25) is 14.9 Å². The lowest BCUT2D eigenvalue weighted by molar-refractivity contribution is -0.118. The fourth-order valence-electron chi connectivity index (χ4n) is 3.22. The second-order valence-corrected chi connectivity index (χ2v) is 8.11. The van der Waals surface area contributed by atoms with Gasteiger partial charge in [-0.25, -0.2) is 4.98 Å². The van der Waals surface area contributed by atoms with E-state index in [4.69, 9.17) is 14.2 Å². The van der Waals surface area contributed by atoms with E-state index in [0.717, 1.165) is 21.7 Å². The number of carbonyl (C=O) groups excluding carboxylic acids is 2. The largest absolute Gasteiger partial charge is 0.493 e. The third-order valence-electron chi connectivity index (χ3n) is 4.75. The highest BCUT2D eigenvalue weighted by atomic mass is 32.1. The second kappa shape index (κ2) is 9.11. The van der Waals surface area contributed by atoms with E-state index in [1.165, 1.54) is 17.4 Å². The van der Waals surface area contributed by atoms with Crippen molar-refractivity contribution in [1.82, 2.24) is 4.98 Å². The summed E-state index contributed by atoms with van der Waals surface area (Å²) >= 11 is 1.38. The molecule has 9 heteroatoms. The SMILES string of the molecule is COc1ccc(/C=C/C(=O)Nc2nc(-c3ccc4c(c3)NC(=O)CO4)c(C)s2)cc1OC. The van der Waals surface area contributed by atoms with Crippen molar-refractivity contribution in [2.75, 3.05) is 31.5 Å². The Labute approximate surface area is 188 Å². The van der Waals surface area contributed by atoms with E-state index in [1.807, 2.05) is 25.1 Å². The molecule has 0 saturated heterocycles.